The molecule has 20 heavy (non-hydrogen) atoms. The lowest BCUT2D eigenvalue weighted by molar-refractivity contribution is 0.103. The lowest BCUT2D eigenvalue weighted by Crippen LogP contribution is -2.40. The van der Waals surface area contributed by atoms with E-state index in [1.165, 1.54) is 5.56 Å². The average Bonchev–Trinajstić information content (AvgIpc) is 2.47. The van der Waals surface area contributed by atoms with Gasteiger partial charge in [0, 0.05) is 24.3 Å². The van der Waals surface area contributed by atoms with Crippen molar-refractivity contribution < 1.29 is 9.47 Å². The fourth-order valence-electron chi connectivity index (χ4n) is 2.32. The molecule has 0 spiro atoms. The summed E-state index contributed by atoms with van der Waals surface area (Å²) in [5, 5.41) is 3.72. The second kappa shape index (κ2) is 8.98. The lowest BCUT2D eigenvalue weighted by Gasteiger charge is -2.28. The number of hydrogen-bond donors (Lipinski definition) is 1. The van der Waals surface area contributed by atoms with Crippen LogP contribution in [-0.4, -0.2) is 26.4 Å². The number of benzene rings is 1. The van der Waals surface area contributed by atoms with Crippen LogP contribution in [0.1, 0.15) is 45.7 Å². The van der Waals surface area contributed by atoms with Crippen LogP contribution in [0, 0.1) is 5.92 Å². The standard InChI is InChI=1S/C17H29NO2/c1-6-15(14-10-8-9-11-17(14)19-5)18-16(13(3)4)12-20-7-2/h8-11,13,15-16,18H,6-7,12H2,1-5H3. The van der Waals surface area contributed by atoms with Crippen LogP contribution in [0.3, 0.4) is 0 Å². The molecule has 0 aliphatic heterocycles. The van der Waals surface area contributed by atoms with Crippen LogP contribution in [0.2, 0.25) is 0 Å². The van der Waals surface area contributed by atoms with E-state index >= 15 is 0 Å². The van der Waals surface area contributed by atoms with Gasteiger partial charge in [-0.05, 0) is 25.3 Å². The van der Waals surface area contributed by atoms with E-state index in [1.54, 1.807) is 7.11 Å². The molecule has 1 aromatic carbocycles. The van der Waals surface area contributed by atoms with Gasteiger partial charge in [0.2, 0.25) is 0 Å². The first-order valence-electron chi connectivity index (χ1n) is 7.60. The number of hydrogen-bond acceptors (Lipinski definition) is 3. The maximum absolute atomic E-state index is 5.60. The normalized spacial score (nSPS) is 14.3. The molecular formula is C17H29NO2. The monoisotopic (exact) mass is 279 g/mol. The maximum atomic E-state index is 5.60. The zero-order valence-electron chi connectivity index (χ0n) is 13.5. The quantitative estimate of drug-likeness (QED) is 0.746. The molecule has 114 valence electrons. The zero-order chi connectivity index (χ0) is 15.0. The number of rotatable bonds is 9. The van der Waals surface area contributed by atoms with E-state index in [1.807, 2.05) is 19.1 Å². The van der Waals surface area contributed by atoms with Gasteiger partial charge in [-0.3, -0.25) is 0 Å². The highest BCUT2D eigenvalue weighted by Crippen LogP contribution is 2.27. The molecule has 1 N–H and O–H groups in total. The van der Waals surface area contributed by atoms with Crippen LogP contribution in [0.5, 0.6) is 5.75 Å². The SMILES string of the molecule is CCOCC(NC(CC)c1ccccc1OC)C(C)C. The smallest absolute Gasteiger partial charge is 0.123 e. The maximum Gasteiger partial charge on any atom is 0.123 e. The highest BCUT2D eigenvalue weighted by molar-refractivity contribution is 5.35. The van der Waals surface area contributed by atoms with Crippen molar-refractivity contribution in [3.8, 4) is 5.75 Å². The molecule has 3 nitrogen and oxygen atoms in total. The van der Waals surface area contributed by atoms with Gasteiger partial charge in [0.05, 0.1) is 13.7 Å². The number of ether oxygens (including phenoxy) is 2. The van der Waals surface area contributed by atoms with E-state index in [9.17, 15) is 0 Å². The van der Waals surface area contributed by atoms with Gasteiger partial charge in [-0.15, -0.1) is 0 Å². The number of methoxy groups -OCH3 is 1. The van der Waals surface area contributed by atoms with Gasteiger partial charge in [0.25, 0.3) is 0 Å². The molecule has 2 unspecified atom stereocenters. The van der Waals surface area contributed by atoms with Crippen molar-refractivity contribution in [1.29, 1.82) is 0 Å². The number of para-hydroxylation sites is 1. The van der Waals surface area contributed by atoms with Gasteiger partial charge in [-0.25, -0.2) is 0 Å². The minimum absolute atomic E-state index is 0.291. The largest absolute Gasteiger partial charge is 0.496 e. The van der Waals surface area contributed by atoms with Crippen molar-refractivity contribution in [2.45, 2.75) is 46.2 Å². The fourth-order valence-corrected chi connectivity index (χ4v) is 2.32. The van der Waals surface area contributed by atoms with Crippen molar-refractivity contribution >= 4 is 0 Å². The van der Waals surface area contributed by atoms with Gasteiger partial charge in [0.1, 0.15) is 5.75 Å². The third kappa shape index (κ3) is 4.80. The molecule has 0 fully saturated rings. The average molecular weight is 279 g/mol. The van der Waals surface area contributed by atoms with Crippen molar-refractivity contribution in [3.63, 3.8) is 0 Å². The zero-order valence-corrected chi connectivity index (χ0v) is 13.5. The Bertz CT molecular complexity index is 379. The molecule has 0 heterocycles. The molecular weight excluding hydrogens is 250 g/mol. The van der Waals surface area contributed by atoms with Gasteiger partial charge in [0.15, 0.2) is 0 Å². The first-order chi connectivity index (χ1) is 9.63. The van der Waals surface area contributed by atoms with Crippen molar-refractivity contribution in [2.24, 2.45) is 5.92 Å². The summed E-state index contributed by atoms with van der Waals surface area (Å²) in [7, 11) is 1.73. The first-order valence-corrected chi connectivity index (χ1v) is 7.60. The minimum atomic E-state index is 0.291. The van der Waals surface area contributed by atoms with Gasteiger partial charge in [-0.2, -0.15) is 0 Å². The predicted octanol–water partition coefficient (Wildman–Crippen LogP) is 3.80. The molecule has 1 aromatic rings. The summed E-state index contributed by atoms with van der Waals surface area (Å²) in [6.07, 6.45) is 1.02. The summed E-state index contributed by atoms with van der Waals surface area (Å²) in [5.74, 6) is 1.48. The number of nitrogens with one attached hydrogen (secondary N) is 1. The molecule has 0 radical (unpaired) electrons. The molecule has 0 aromatic heterocycles. The van der Waals surface area contributed by atoms with E-state index in [4.69, 9.17) is 9.47 Å². The molecule has 0 saturated carbocycles. The van der Waals surface area contributed by atoms with Gasteiger partial charge < -0.3 is 14.8 Å². The van der Waals surface area contributed by atoms with Crippen LogP contribution in [-0.2, 0) is 4.74 Å². The summed E-state index contributed by atoms with van der Waals surface area (Å²) < 4.78 is 11.1. The van der Waals surface area contributed by atoms with Gasteiger partial charge >= 0.3 is 0 Å². The fraction of sp³-hybridized carbons (Fsp3) is 0.647. The van der Waals surface area contributed by atoms with Crippen LogP contribution in [0.4, 0.5) is 0 Å². The van der Waals surface area contributed by atoms with Crippen LogP contribution in [0.15, 0.2) is 24.3 Å². The molecule has 0 aliphatic carbocycles. The summed E-state index contributed by atoms with van der Waals surface area (Å²) in [6, 6.07) is 8.87. The van der Waals surface area contributed by atoms with E-state index in [0.29, 0.717) is 18.0 Å². The van der Waals surface area contributed by atoms with E-state index < -0.39 is 0 Å². The Morgan fingerprint density at radius 3 is 2.40 bits per heavy atom. The molecule has 0 amide bonds. The van der Waals surface area contributed by atoms with E-state index in [-0.39, 0.29) is 0 Å². The summed E-state index contributed by atoms with van der Waals surface area (Å²) in [6.45, 7) is 10.2. The predicted molar refractivity (Wildman–Crippen MR) is 84.3 cm³/mol. The van der Waals surface area contributed by atoms with Crippen LogP contribution < -0.4 is 10.1 Å². The first kappa shape index (κ1) is 17.0. The van der Waals surface area contributed by atoms with Gasteiger partial charge in [-0.1, -0.05) is 39.0 Å². The van der Waals surface area contributed by atoms with E-state index in [2.05, 4.69) is 38.2 Å². The van der Waals surface area contributed by atoms with Crippen molar-refractivity contribution in [2.75, 3.05) is 20.3 Å². The Kier molecular flexibility index (Phi) is 7.63. The molecule has 3 heteroatoms. The van der Waals surface area contributed by atoms with E-state index in [0.717, 1.165) is 25.4 Å². The molecule has 0 aliphatic rings. The lowest BCUT2D eigenvalue weighted by atomic mass is 9.98. The van der Waals surface area contributed by atoms with Crippen LogP contribution >= 0.6 is 0 Å². The molecule has 1 rings (SSSR count). The molecule has 2 atom stereocenters. The van der Waals surface area contributed by atoms with Crippen molar-refractivity contribution in [3.05, 3.63) is 29.8 Å². The second-order valence-electron chi connectivity index (χ2n) is 5.38. The highest BCUT2D eigenvalue weighted by atomic mass is 16.5. The summed E-state index contributed by atoms with van der Waals surface area (Å²) in [5.41, 5.74) is 1.22. The Morgan fingerprint density at radius 1 is 1.15 bits per heavy atom. The topological polar surface area (TPSA) is 30.5 Å². The Labute approximate surface area is 123 Å². The molecule has 0 saturated heterocycles. The van der Waals surface area contributed by atoms with Crippen LogP contribution in [0.25, 0.3) is 0 Å². The molecule has 0 bridgehead atoms. The Hall–Kier alpha value is -1.06. The third-order valence-corrected chi connectivity index (χ3v) is 3.64. The summed E-state index contributed by atoms with van der Waals surface area (Å²) in [4.78, 5) is 0. The summed E-state index contributed by atoms with van der Waals surface area (Å²) >= 11 is 0. The van der Waals surface area contributed by atoms with Crippen molar-refractivity contribution in [1.82, 2.24) is 5.32 Å². The Balaban J connectivity index is 2.83. The second-order valence-corrected chi connectivity index (χ2v) is 5.38. The highest BCUT2D eigenvalue weighted by Gasteiger charge is 2.20. The third-order valence-electron chi connectivity index (χ3n) is 3.64. The Morgan fingerprint density at radius 2 is 1.85 bits per heavy atom. The minimum Gasteiger partial charge on any atom is -0.496 e.